The van der Waals surface area contributed by atoms with Gasteiger partial charge in [-0.1, -0.05) is 11.6 Å². The summed E-state index contributed by atoms with van der Waals surface area (Å²) in [4.78, 5) is 24.8. The molecule has 0 saturated heterocycles. The van der Waals surface area contributed by atoms with Crippen molar-refractivity contribution in [3.63, 3.8) is 0 Å². The molecule has 1 atom stereocenters. The second-order valence-electron chi connectivity index (χ2n) is 6.79. The van der Waals surface area contributed by atoms with Crippen LogP contribution >= 0.6 is 11.6 Å². The van der Waals surface area contributed by atoms with E-state index >= 15 is 0 Å². The predicted molar refractivity (Wildman–Crippen MR) is 121 cm³/mol. The molecule has 1 amide bonds. The molecule has 0 unspecified atom stereocenters. The maximum Gasteiger partial charge on any atom is 0.338 e. The fraction of sp³-hybridized carbons (Fsp3) is 0.333. The van der Waals surface area contributed by atoms with Crippen LogP contribution < -0.4 is 14.4 Å². The predicted octanol–water partition coefficient (Wildman–Crippen LogP) is 3.63. The van der Waals surface area contributed by atoms with E-state index in [4.69, 9.17) is 21.1 Å². The summed E-state index contributed by atoms with van der Waals surface area (Å²) in [6, 6.07) is 8.07. The van der Waals surface area contributed by atoms with Crippen molar-refractivity contribution in [2.75, 3.05) is 29.6 Å². The molecular weight excluding hydrogens is 444 g/mol. The van der Waals surface area contributed by atoms with Gasteiger partial charge in [0.05, 0.1) is 36.2 Å². The van der Waals surface area contributed by atoms with Gasteiger partial charge < -0.3 is 14.8 Å². The molecule has 10 heteroatoms. The molecule has 0 bridgehead atoms. The first kappa shape index (κ1) is 24.5. The summed E-state index contributed by atoms with van der Waals surface area (Å²) in [7, 11) is -2.37. The molecule has 8 nitrogen and oxygen atoms in total. The number of benzene rings is 2. The molecular formula is C21H25ClN2O6S. The summed E-state index contributed by atoms with van der Waals surface area (Å²) in [5.74, 6) is -0.630. The summed E-state index contributed by atoms with van der Waals surface area (Å²) < 4.78 is 36.0. The van der Waals surface area contributed by atoms with Crippen LogP contribution in [0, 0.1) is 6.92 Å². The topological polar surface area (TPSA) is 102 Å². The van der Waals surface area contributed by atoms with Crippen molar-refractivity contribution in [3.8, 4) is 5.75 Å². The summed E-state index contributed by atoms with van der Waals surface area (Å²) in [5.41, 5.74) is 1.66. The second-order valence-corrected chi connectivity index (χ2v) is 9.06. The van der Waals surface area contributed by atoms with E-state index in [0.29, 0.717) is 22.6 Å². The Balaban J connectivity index is 2.30. The Labute approximate surface area is 187 Å². The number of carbonyl (C=O) groups excluding carboxylic acids is 2. The highest BCUT2D eigenvalue weighted by Gasteiger charge is 2.30. The molecule has 2 rings (SSSR count). The number of hydrogen-bond acceptors (Lipinski definition) is 6. The van der Waals surface area contributed by atoms with Crippen LogP contribution in [0.1, 0.15) is 29.8 Å². The molecule has 0 aliphatic rings. The van der Waals surface area contributed by atoms with Gasteiger partial charge in [-0.05, 0) is 62.7 Å². The third-order valence-corrected chi connectivity index (χ3v) is 6.01. The number of carbonyl (C=O) groups is 2. The van der Waals surface area contributed by atoms with E-state index in [1.54, 1.807) is 26.0 Å². The zero-order valence-electron chi connectivity index (χ0n) is 17.9. The summed E-state index contributed by atoms with van der Waals surface area (Å²) in [6.07, 6.45) is 1.01. The van der Waals surface area contributed by atoms with Crippen molar-refractivity contribution in [2.45, 2.75) is 26.8 Å². The van der Waals surface area contributed by atoms with E-state index in [1.165, 1.54) is 38.3 Å². The molecule has 0 aromatic heterocycles. The largest absolute Gasteiger partial charge is 0.495 e. The van der Waals surface area contributed by atoms with E-state index < -0.39 is 27.9 Å². The van der Waals surface area contributed by atoms with Gasteiger partial charge in [-0.25, -0.2) is 13.2 Å². The Morgan fingerprint density at radius 2 is 1.87 bits per heavy atom. The summed E-state index contributed by atoms with van der Waals surface area (Å²) in [6.45, 7) is 5.16. The maximum absolute atomic E-state index is 12.9. The first-order chi connectivity index (χ1) is 14.5. The molecule has 0 aliphatic carbocycles. The molecule has 0 saturated carbocycles. The number of nitrogens with one attached hydrogen (secondary N) is 1. The minimum Gasteiger partial charge on any atom is -0.495 e. The quantitative estimate of drug-likeness (QED) is 0.593. The molecule has 2 aromatic rings. The van der Waals surface area contributed by atoms with E-state index in [1.807, 2.05) is 0 Å². The van der Waals surface area contributed by atoms with Gasteiger partial charge in [0.1, 0.15) is 11.8 Å². The molecule has 31 heavy (non-hydrogen) atoms. The molecule has 1 N–H and O–H groups in total. The third kappa shape index (κ3) is 5.89. The number of hydrogen-bond donors (Lipinski definition) is 1. The lowest BCUT2D eigenvalue weighted by Gasteiger charge is -2.28. The molecule has 0 fully saturated rings. The van der Waals surface area contributed by atoms with Gasteiger partial charge in [-0.15, -0.1) is 0 Å². The highest BCUT2D eigenvalue weighted by molar-refractivity contribution is 7.92. The highest BCUT2D eigenvalue weighted by atomic mass is 35.5. The van der Waals surface area contributed by atoms with Crippen molar-refractivity contribution in [1.29, 1.82) is 0 Å². The van der Waals surface area contributed by atoms with Crippen molar-refractivity contribution in [2.24, 2.45) is 0 Å². The Bertz CT molecular complexity index is 1090. The number of ether oxygens (including phenoxy) is 2. The number of esters is 1. The van der Waals surface area contributed by atoms with Crippen LogP contribution in [0.15, 0.2) is 36.4 Å². The van der Waals surface area contributed by atoms with Crippen molar-refractivity contribution < 1.29 is 27.5 Å². The van der Waals surface area contributed by atoms with E-state index in [2.05, 4.69) is 5.32 Å². The maximum atomic E-state index is 12.9. The zero-order valence-corrected chi connectivity index (χ0v) is 19.5. The van der Waals surface area contributed by atoms with Gasteiger partial charge in [-0.2, -0.15) is 0 Å². The molecule has 2 aromatic carbocycles. The van der Waals surface area contributed by atoms with Gasteiger partial charge in [0.2, 0.25) is 15.9 Å². The van der Waals surface area contributed by atoms with Gasteiger partial charge >= 0.3 is 5.97 Å². The number of aryl methyl sites for hydroxylation is 1. The third-order valence-electron chi connectivity index (χ3n) is 4.47. The van der Waals surface area contributed by atoms with E-state index in [-0.39, 0.29) is 17.3 Å². The Hall–Kier alpha value is -2.78. The average molecular weight is 469 g/mol. The standard InChI is InChI=1S/C21H25ClN2O6S/c1-6-30-21(26)15-7-9-18(13(2)11-15)23-20(25)14(3)24(31(5,27)28)16-8-10-19(29-4)17(22)12-16/h7-12,14H,6H2,1-5H3,(H,23,25)/t14-/m0/s1. The Morgan fingerprint density at radius 3 is 2.39 bits per heavy atom. The molecule has 0 heterocycles. The number of nitrogens with zero attached hydrogens (tertiary/aromatic N) is 1. The van der Waals surface area contributed by atoms with Crippen molar-refractivity contribution >= 4 is 44.9 Å². The number of methoxy groups -OCH3 is 1. The van der Waals surface area contributed by atoms with Crippen LogP contribution in [0.5, 0.6) is 5.75 Å². The van der Waals surface area contributed by atoms with Crippen LogP contribution in [-0.2, 0) is 19.6 Å². The van der Waals surface area contributed by atoms with Crippen LogP contribution in [0.4, 0.5) is 11.4 Å². The molecule has 168 valence electrons. The first-order valence-electron chi connectivity index (χ1n) is 9.41. The zero-order chi connectivity index (χ0) is 23.3. The van der Waals surface area contributed by atoms with Crippen LogP contribution in [0.3, 0.4) is 0 Å². The number of halogens is 1. The van der Waals surface area contributed by atoms with Gasteiger partial charge in [0.15, 0.2) is 0 Å². The number of sulfonamides is 1. The van der Waals surface area contributed by atoms with Crippen molar-refractivity contribution in [1.82, 2.24) is 0 Å². The van der Waals surface area contributed by atoms with Crippen molar-refractivity contribution in [3.05, 3.63) is 52.5 Å². The molecule has 0 spiro atoms. The minimum absolute atomic E-state index is 0.214. The fourth-order valence-corrected chi connectivity index (χ4v) is 4.40. The molecule has 0 radical (unpaired) electrons. The smallest absolute Gasteiger partial charge is 0.338 e. The first-order valence-corrected chi connectivity index (χ1v) is 11.6. The summed E-state index contributed by atoms with van der Waals surface area (Å²) >= 11 is 6.14. The van der Waals surface area contributed by atoms with E-state index in [0.717, 1.165) is 10.6 Å². The minimum atomic E-state index is -3.81. The van der Waals surface area contributed by atoms with E-state index in [9.17, 15) is 18.0 Å². The van der Waals surface area contributed by atoms with Crippen LogP contribution in [0.2, 0.25) is 5.02 Å². The number of anilines is 2. The normalized spacial score (nSPS) is 12.1. The fourth-order valence-electron chi connectivity index (χ4n) is 2.98. The van der Waals surface area contributed by atoms with Gasteiger partial charge in [0.25, 0.3) is 0 Å². The Morgan fingerprint density at radius 1 is 1.19 bits per heavy atom. The second kappa shape index (κ2) is 10.0. The lowest BCUT2D eigenvalue weighted by molar-refractivity contribution is -0.116. The lowest BCUT2D eigenvalue weighted by atomic mass is 10.1. The average Bonchev–Trinajstić information content (AvgIpc) is 2.68. The molecule has 0 aliphatic heterocycles. The van der Waals surface area contributed by atoms with Crippen LogP contribution in [-0.4, -0.2) is 46.3 Å². The van der Waals surface area contributed by atoms with Gasteiger partial charge in [-0.3, -0.25) is 9.10 Å². The highest BCUT2D eigenvalue weighted by Crippen LogP contribution is 2.31. The number of amides is 1. The lowest BCUT2D eigenvalue weighted by Crippen LogP contribution is -2.45. The summed E-state index contributed by atoms with van der Waals surface area (Å²) in [5, 5.41) is 2.93. The van der Waals surface area contributed by atoms with Gasteiger partial charge in [0, 0.05) is 5.69 Å². The van der Waals surface area contributed by atoms with Crippen LogP contribution in [0.25, 0.3) is 0 Å². The number of rotatable bonds is 8. The SMILES string of the molecule is CCOC(=O)c1ccc(NC(=O)[C@H](C)N(c2ccc(OC)c(Cl)c2)S(C)(=O)=O)c(C)c1. The Kier molecular flexibility index (Phi) is 7.91. The monoisotopic (exact) mass is 468 g/mol.